The number of amides is 1. The van der Waals surface area contributed by atoms with Crippen LogP contribution in [0, 0.1) is 18.3 Å². The smallest absolute Gasteiger partial charge is 0.311 e. The first-order valence-corrected chi connectivity index (χ1v) is 10.0. The first-order chi connectivity index (χ1) is 12.9. The van der Waals surface area contributed by atoms with Crippen LogP contribution in [-0.2, 0) is 4.79 Å². The molecule has 2 aromatic rings. The molecule has 0 bridgehead atoms. The summed E-state index contributed by atoms with van der Waals surface area (Å²) >= 11 is 1.48. The summed E-state index contributed by atoms with van der Waals surface area (Å²) in [5.41, 5.74) is 1.35. The molecule has 1 amide bonds. The molecule has 0 radical (unpaired) electrons. The highest BCUT2D eigenvalue weighted by molar-refractivity contribution is 7.14. The third-order valence-corrected chi connectivity index (χ3v) is 7.15. The van der Waals surface area contributed by atoms with Crippen molar-refractivity contribution in [1.29, 1.82) is 0 Å². The summed E-state index contributed by atoms with van der Waals surface area (Å²) < 4.78 is 5.21. The third-order valence-electron chi connectivity index (χ3n) is 6.11. The molecule has 2 heterocycles. The minimum atomic E-state index is -0.749. The third kappa shape index (κ3) is 2.92. The number of hydrogen-bond acceptors (Lipinski definition) is 4. The van der Waals surface area contributed by atoms with Crippen LogP contribution < -0.4 is 4.74 Å². The lowest BCUT2D eigenvalue weighted by atomic mass is 9.81. The zero-order valence-corrected chi connectivity index (χ0v) is 16.3. The van der Waals surface area contributed by atoms with Crippen LogP contribution >= 0.6 is 11.3 Å². The molecule has 1 aliphatic carbocycles. The summed E-state index contributed by atoms with van der Waals surface area (Å²) in [7, 11) is 1.64. The number of aryl methyl sites for hydroxylation is 1. The van der Waals surface area contributed by atoms with Crippen LogP contribution in [0.15, 0.2) is 30.3 Å². The van der Waals surface area contributed by atoms with E-state index in [-0.39, 0.29) is 11.8 Å². The molecule has 1 saturated carbocycles. The zero-order valence-electron chi connectivity index (χ0n) is 15.5. The summed E-state index contributed by atoms with van der Waals surface area (Å²) in [6.45, 7) is 2.90. The van der Waals surface area contributed by atoms with Gasteiger partial charge in [-0.1, -0.05) is 18.6 Å². The second-order valence-electron chi connectivity index (χ2n) is 7.55. The number of carbonyl (C=O) groups excluding carboxylic acids is 1. The lowest BCUT2D eigenvalue weighted by Crippen LogP contribution is -2.37. The minimum absolute atomic E-state index is 0.0436. The average Bonchev–Trinajstić information content (AvgIpc) is 3.33. The number of thiophene rings is 1. The maximum absolute atomic E-state index is 13.1. The number of carboxylic acid groups (broad SMARTS) is 1. The fourth-order valence-corrected chi connectivity index (χ4v) is 5.60. The Bertz CT molecular complexity index is 888. The van der Waals surface area contributed by atoms with Crippen LogP contribution in [0.1, 0.15) is 33.8 Å². The van der Waals surface area contributed by atoms with Crippen molar-refractivity contribution in [3.05, 3.63) is 40.1 Å². The molecule has 5 nitrogen and oxygen atoms in total. The van der Waals surface area contributed by atoms with Gasteiger partial charge in [0.1, 0.15) is 5.75 Å². The van der Waals surface area contributed by atoms with Gasteiger partial charge in [-0.15, -0.1) is 11.3 Å². The van der Waals surface area contributed by atoms with E-state index in [0.717, 1.165) is 34.6 Å². The van der Waals surface area contributed by atoms with Crippen molar-refractivity contribution in [2.45, 2.75) is 26.2 Å². The quantitative estimate of drug-likeness (QED) is 0.862. The molecule has 2 aliphatic rings. The van der Waals surface area contributed by atoms with Gasteiger partial charge < -0.3 is 14.7 Å². The van der Waals surface area contributed by atoms with E-state index >= 15 is 0 Å². The van der Waals surface area contributed by atoms with Crippen molar-refractivity contribution in [1.82, 2.24) is 4.90 Å². The fraction of sp³-hybridized carbons (Fsp3) is 0.429. The number of methoxy groups -OCH3 is 1. The second kappa shape index (κ2) is 6.68. The molecular formula is C21H23NO4S. The van der Waals surface area contributed by atoms with Crippen molar-refractivity contribution in [3.8, 4) is 16.9 Å². The predicted octanol–water partition coefficient (Wildman–Crippen LogP) is 4.06. The van der Waals surface area contributed by atoms with Gasteiger partial charge in [0.15, 0.2) is 0 Å². The van der Waals surface area contributed by atoms with Gasteiger partial charge in [0.2, 0.25) is 0 Å². The van der Waals surface area contributed by atoms with Crippen LogP contribution in [0.25, 0.3) is 11.1 Å². The molecule has 142 valence electrons. The molecule has 1 aromatic carbocycles. The van der Waals surface area contributed by atoms with Gasteiger partial charge >= 0.3 is 5.97 Å². The Morgan fingerprint density at radius 2 is 2.04 bits per heavy atom. The molecule has 1 N–H and O–H groups in total. The normalized spacial score (nSPS) is 24.1. The minimum Gasteiger partial charge on any atom is -0.497 e. The topological polar surface area (TPSA) is 66.8 Å². The summed E-state index contributed by atoms with van der Waals surface area (Å²) in [4.78, 5) is 28.4. The summed E-state index contributed by atoms with van der Waals surface area (Å²) in [5.74, 6) is 0.0889. The standard InChI is InChI=1S/C21H23NO4S/c1-13-17(14-5-7-16(26-2)8-6-14)10-18(27-13)19(23)22-11-15-4-3-9-21(15,12-22)20(24)25/h5-8,10,15H,3-4,9,11-12H2,1-2H3,(H,24,25)/t15-,21+/m0/s1. The van der Waals surface area contributed by atoms with Crippen molar-refractivity contribution in [2.75, 3.05) is 20.2 Å². The lowest BCUT2D eigenvalue weighted by molar-refractivity contribution is -0.149. The van der Waals surface area contributed by atoms with Gasteiger partial charge in [-0.2, -0.15) is 0 Å². The number of aliphatic carboxylic acids is 1. The Morgan fingerprint density at radius 3 is 2.67 bits per heavy atom. The Balaban J connectivity index is 1.57. The van der Waals surface area contributed by atoms with E-state index in [1.807, 2.05) is 37.3 Å². The van der Waals surface area contributed by atoms with E-state index in [0.29, 0.717) is 24.4 Å². The molecule has 2 fully saturated rings. The Labute approximate surface area is 162 Å². The first-order valence-electron chi connectivity index (χ1n) is 9.22. The van der Waals surface area contributed by atoms with Crippen LogP contribution in [0.4, 0.5) is 0 Å². The Kier molecular flexibility index (Phi) is 4.46. The van der Waals surface area contributed by atoms with E-state index in [4.69, 9.17) is 4.74 Å². The van der Waals surface area contributed by atoms with E-state index < -0.39 is 11.4 Å². The largest absolute Gasteiger partial charge is 0.497 e. The second-order valence-corrected chi connectivity index (χ2v) is 8.80. The van der Waals surface area contributed by atoms with E-state index in [9.17, 15) is 14.7 Å². The van der Waals surface area contributed by atoms with Gasteiger partial charge in [-0.25, -0.2) is 0 Å². The van der Waals surface area contributed by atoms with Crippen LogP contribution in [0.5, 0.6) is 5.75 Å². The SMILES string of the molecule is COc1ccc(-c2cc(C(=O)N3C[C@@H]4CCC[C@@]4(C(=O)O)C3)sc2C)cc1. The first kappa shape index (κ1) is 18.0. The average molecular weight is 385 g/mol. The van der Waals surface area contributed by atoms with E-state index in [1.54, 1.807) is 12.0 Å². The van der Waals surface area contributed by atoms with Crippen molar-refractivity contribution in [3.63, 3.8) is 0 Å². The van der Waals surface area contributed by atoms with Crippen molar-refractivity contribution >= 4 is 23.2 Å². The molecule has 4 rings (SSSR count). The zero-order chi connectivity index (χ0) is 19.2. The monoisotopic (exact) mass is 385 g/mol. The predicted molar refractivity (Wildman–Crippen MR) is 104 cm³/mol. The fourth-order valence-electron chi connectivity index (χ4n) is 4.59. The molecule has 0 spiro atoms. The number of rotatable bonds is 4. The molecule has 2 atom stereocenters. The van der Waals surface area contributed by atoms with Gasteiger partial charge in [0.05, 0.1) is 17.4 Å². The van der Waals surface area contributed by atoms with Crippen LogP contribution in [0.2, 0.25) is 0 Å². The van der Waals surface area contributed by atoms with Gasteiger partial charge in [-0.3, -0.25) is 9.59 Å². The molecule has 6 heteroatoms. The number of hydrogen-bond donors (Lipinski definition) is 1. The maximum Gasteiger partial charge on any atom is 0.311 e. The van der Waals surface area contributed by atoms with Gasteiger partial charge in [-0.05, 0) is 55.0 Å². The molecule has 27 heavy (non-hydrogen) atoms. The highest BCUT2D eigenvalue weighted by Gasteiger charge is 2.55. The van der Waals surface area contributed by atoms with E-state index in [2.05, 4.69) is 0 Å². The number of fused-ring (bicyclic) bond motifs is 1. The summed E-state index contributed by atoms with van der Waals surface area (Å²) in [6, 6.07) is 9.73. The number of carbonyl (C=O) groups is 2. The lowest BCUT2D eigenvalue weighted by Gasteiger charge is -2.23. The van der Waals surface area contributed by atoms with Crippen molar-refractivity contribution in [2.24, 2.45) is 11.3 Å². The molecular weight excluding hydrogens is 362 g/mol. The molecule has 1 saturated heterocycles. The highest BCUT2D eigenvalue weighted by Crippen LogP contribution is 2.49. The number of carboxylic acids is 1. The number of benzene rings is 1. The molecule has 1 aliphatic heterocycles. The van der Waals surface area contributed by atoms with Crippen molar-refractivity contribution < 1.29 is 19.4 Å². The molecule has 0 unspecified atom stereocenters. The maximum atomic E-state index is 13.1. The van der Waals surface area contributed by atoms with Gasteiger partial charge in [0, 0.05) is 18.0 Å². The number of ether oxygens (including phenoxy) is 1. The number of nitrogens with zero attached hydrogens (tertiary/aromatic N) is 1. The number of likely N-dealkylation sites (tertiary alicyclic amines) is 1. The van der Waals surface area contributed by atoms with E-state index in [1.165, 1.54) is 11.3 Å². The Morgan fingerprint density at radius 1 is 1.30 bits per heavy atom. The van der Waals surface area contributed by atoms with Crippen LogP contribution in [0.3, 0.4) is 0 Å². The van der Waals surface area contributed by atoms with Gasteiger partial charge in [0.25, 0.3) is 5.91 Å². The Hall–Kier alpha value is -2.34. The molecule has 1 aromatic heterocycles. The summed E-state index contributed by atoms with van der Waals surface area (Å²) in [6.07, 6.45) is 2.52. The summed E-state index contributed by atoms with van der Waals surface area (Å²) in [5, 5.41) is 9.74. The highest BCUT2D eigenvalue weighted by atomic mass is 32.1. The van der Waals surface area contributed by atoms with Crippen LogP contribution in [-0.4, -0.2) is 42.1 Å².